The summed E-state index contributed by atoms with van der Waals surface area (Å²) in [6.45, 7) is 13.4. The average Bonchev–Trinajstić information content (AvgIpc) is 3.00. The molecule has 1 atom stereocenters. The molecule has 1 aromatic heterocycles. The molecule has 2 amide bonds. The van der Waals surface area contributed by atoms with E-state index < -0.39 is 0 Å². The molecule has 1 unspecified atom stereocenters. The highest BCUT2D eigenvalue weighted by Gasteiger charge is 2.20. The van der Waals surface area contributed by atoms with Crippen molar-refractivity contribution in [3.05, 3.63) is 57.9 Å². The van der Waals surface area contributed by atoms with Gasteiger partial charge in [0.25, 0.3) is 0 Å². The zero-order valence-corrected chi connectivity index (χ0v) is 28.5. The summed E-state index contributed by atoms with van der Waals surface area (Å²) in [5.74, 6) is 0.640. The molecule has 46 heavy (non-hydrogen) atoms. The molecule has 0 aliphatic carbocycles. The fourth-order valence-corrected chi connectivity index (χ4v) is 5.67. The molecule has 0 radical (unpaired) electrons. The van der Waals surface area contributed by atoms with Crippen molar-refractivity contribution in [2.45, 2.75) is 33.2 Å². The Morgan fingerprint density at radius 1 is 1.20 bits per heavy atom. The lowest BCUT2D eigenvalue weighted by atomic mass is 9.96. The van der Waals surface area contributed by atoms with Crippen LogP contribution in [0, 0.1) is 11.8 Å². The Morgan fingerprint density at radius 2 is 1.91 bits per heavy atom. The van der Waals surface area contributed by atoms with Gasteiger partial charge in [-0.1, -0.05) is 30.1 Å². The Morgan fingerprint density at radius 3 is 2.54 bits per heavy atom. The first-order valence-electron chi connectivity index (χ1n) is 15.5. The summed E-state index contributed by atoms with van der Waals surface area (Å²) in [6, 6.07) is 9.25. The van der Waals surface area contributed by atoms with Gasteiger partial charge >= 0.3 is 0 Å². The first-order chi connectivity index (χ1) is 22.1. The number of nitrogens with one attached hydrogen (secondary N) is 2. The second kappa shape index (κ2) is 19.3. The van der Waals surface area contributed by atoms with Crippen molar-refractivity contribution >= 4 is 47.9 Å². The molecule has 0 saturated carbocycles. The number of allylic oxidation sites excluding steroid dienone is 1. The third kappa shape index (κ3) is 13.2. The molecule has 13 heteroatoms. The van der Waals surface area contributed by atoms with E-state index in [1.165, 1.54) is 6.20 Å². The second-order valence-electron chi connectivity index (χ2n) is 11.6. The van der Waals surface area contributed by atoms with Crippen molar-refractivity contribution in [2.24, 2.45) is 27.6 Å². The standard InChI is InChI=1S/C33H46Cl2N8O3/c1-23(33(36)45)21-43(11-7-37-3)12-8-39-20-30(19-38-4)46-32-14-26(13-31(41-32)27-15-28(34)17-29(35)16-27)22-42-9-5-25(6-10-42)18-40-24(2)44/h13-17,19-20,23,25,37H,4-12,18,21-22H2,1-3H3,(H2,36,45)(H,40,44)/b30-19+,39-20?. The normalized spacial score (nSPS) is 15.3. The minimum absolute atomic E-state index is 0.00634. The molecule has 3 rings (SSSR count). The number of carbonyl (C=O) groups excluding carboxylic acids is 2. The number of carbonyl (C=O) groups is 2. The van der Waals surface area contributed by atoms with E-state index in [1.807, 2.05) is 38.2 Å². The highest BCUT2D eigenvalue weighted by molar-refractivity contribution is 6.35. The molecule has 11 nitrogen and oxygen atoms in total. The summed E-state index contributed by atoms with van der Waals surface area (Å²) < 4.78 is 6.20. The number of hydrogen-bond donors (Lipinski definition) is 3. The molecule has 1 aromatic carbocycles. The Balaban J connectivity index is 1.76. The van der Waals surface area contributed by atoms with Crippen molar-refractivity contribution in [2.75, 3.05) is 59.4 Å². The summed E-state index contributed by atoms with van der Waals surface area (Å²) in [5, 5.41) is 7.09. The van der Waals surface area contributed by atoms with E-state index in [0.29, 0.717) is 66.0 Å². The van der Waals surface area contributed by atoms with Crippen LogP contribution < -0.4 is 21.1 Å². The van der Waals surface area contributed by atoms with Gasteiger partial charge in [0.05, 0.1) is 24.7 Å². The number of benzene rings is 1. The van der Waals surface area contributed by atoms with Crippen LogP contribution in [0.4, 0.5) is 0 Å². The van der Waals surface area contributed by atoms with E-state index in [9.17, 15) is 9.59 Å². The number of nitrogens with zero attached hydrogens (tertiary/aromatic N) is 5. The highest BCUT2D eigenvalue weighted by Crippen LogP contribution is 2.30. The van der Waals surface area contributed by atoms with E-state index in [1.54, 1.807) is 19.2 Å². The van der Waals surface area contributed by atoms with Crippen LogP contribution in [0.3, 0.4) is 0 Å². The van der Waals surface area contributed by atoms with Crippen LogP contribution in [0.5, 0.6) is 5.88 Å². The van der Waals surface area contributed by atoms with Gasteiger partial charge in [-0.3, -0.25) is 29.4 Å². The predicted octanol–water partition coefficient (Wildman–Crippen LogP) is 4.04. The fraction of sp³-hybridized carbons (Fsp3) is 0.485. The number of hydrogen-bond acceptors (Lipinski definition) is 9. The number of rotatable bonds is 18. The van der Waals surface area contributed by atoms with Crippen LogP contribution >= 0.6 is 23.2 Å². The van der Waals surface area contributed by atoms with E-state index in [2.05, 4.69) is 37.1 Å². The van der Waals surface area contributed by atoms with Crippen LogP contribution in [0.1, 0.15) is 32.3 Å². The van der Waals surface area contributed by atoms with E-state index in [0.717, 1.165) is 50.1 Å². The number of piperidine rings is 1. The van der Waals surface area contributed by atoms with Crippen LogP contribution in [0.2, 0.25) is 10.0 Å². The van der Waals surface area contributed by atoms with Crippen molar-refractivity contribution in [1.29, 1.82) is 0 Å². The molecule has 4 N–H and O–H groups in total. The number of aliphatic imine (C=N–C) groups is 2. The van der Waals surface area contributed by atoms with Crippen LogP contribution in [-0.4, -0.2) is 98.9 Å². The maximum atomic E-state index is 11.6. The maximum absolute atomic E-state index is 11.6. The molecular weight excluding hydrogens is 627 g/mol. The zero-order valence-electron chi connectivity index (χ0n) is 27.0. The Kier molecular flexibility index (Phi) is 15.6. The topological polar surface area (TPSA) is 138 Å². The second-order valence-corrected chi connectivity index (χ2v) is 12.4. The molecule has 1 aliphatic rings. The molecular formula is C33H46Cl2N8O3. The summed E-state index contributed by atoms with van der Waals surface area (Å²) in [7, 11) is 1.89. The smallest absolute Gasteiger partial charge is 0.221 e. The van der Waals surface area contributed by atoms with Gasteiger partial charge in [-0.2, -0.15) is 0 Å². The van der Waals surface area contributed by atoms with Crippen LogP contribution in [0.25, 0.3) is 11.3 Å². The number of likely N-dealkylation sites (tertiary alicyclic amines) is 1. The molecule has 2 heterocycles. The third-order valence-electron chi connectivity index (χ3n) is 7.67. The fourth-order valence-electron chi connectivity index (χ4n) is 5.14. The van der Waals surface area contributed by atoms with Gasteiger partial charge in [0, 0.05) is 73.8 Å². The lowest BCUT2D eigenvalue weighted by Crippen LogP contribution is -2.39. The van der Waals surface area contributed by atoms with Gasteiger partial charge in [-0.25, -0.2) is 4.98 Å². The zero-order chi connectivity index (χ0) is 33.5. The number of likely N-dealkylation sites (N-methyl/N-ethyl adjacent to an activating group) is 1. The molecule has 2 aromatic rings. The van der Waals surface area contributed by atoms with E-state index in [4.69, 9.17) is 38.7 Å². The van der Waals surface area contributed by atoms with Crippen molar-refractivity contribution in [3.63, 3.8) is 0 Å². The Hall–Kier alpha value is -3.35. The minimum atomic E-state index is -0.325. The molecule has 1 aliphatic heterocycles. The van der Waals surface area contributed by atoms with Crippen molar-refractivity contribution in [3.8, 4) is 17.1 Å². The van der Waals surface area contributed by atoms with Crippen molar-refractivity contribution < 1.29 is 14.3 Å². The number of amides is 2. The largest absolute Gasteiger partial charge is 0.436 e. The summed E-state index contributed by atoms with van der Waals surface area (Å²) in [6.07, 6.45) is 5.11. The van der Waals surface area contributed by atoms with Gasteiger partial charge in [0.1, 0.15) is 0 Å². The van der Waals surface area contributed by atoms with Gasteiger partial charge < -0.3 is 21.1 Å². The lowest BCUT2D eigenvalue weighted by molar-refractivity contribution is -0.122. The number of nitrogens with two attached hydrogens (primary N) is 1. The monoisotopic (exact) mass is 672 g/mol. The average molecular weight is 674 g/mol. The van der Waals surface area contributed by atoms with Gasteiger partial charge in [0.2, 0.25) is 17.7 Å². The molecule has 0 spiro atoms. The van der Waals surface area contributed by atoms with Crippen LogP contribution in [-0.2, 0) is 16.1 Å². The number of aromatic nitrogens is 1. The molecule has 1 saturated heterocycles. The number of pyridine rings is 1. The lowest BCUT2D eigenvalue weighted by Gasteiger charge is -2.32. The first-order valence-corrected chi connectivity index (χ1v) is 16.3. The third-order valence-corrected chi connectivity index (χ3v) is 8.11. The summed E-state index contributed by atoms with van der Waals surface area (Å²) >= 11 is 12.7. The van der Waals surface area contributed by atoms with E-state index in [-0.39, 0.29) is 17.7 Å². The number of primary amides is 1. The number of ether oxygens (including phenoxy) is 1. The Bertz CT molecular complexity index is 1360. The van der Waals surface area contributed by atoms with Crippen LogP contribution in [0.15, 0.2) is 52.3 Å². The molecule has 0 bridgehead atoms. The summed E-state index contributed by atoms with van der Waals surface area (Å²) in [4.78, 5) is 40.7. The minimum Gasteiger partial charge on any atom is -0.436 e. The maximum Gasteiger partial charge on any atom is 0.221 e. The van der Waals surface area contributed by atoms with Gasteiger partial charge in [0.15, 0.2) is 5.76 Å². The quantitative estimate of drug-likeness (QED) is 0.161. The predicted molar refractivity (Wildman–Crippen MR) is 187 cm³/mol. The summed E-state index contributed by atoms with van der Waals surface area (Å²) in [5.41, 5.74) is 7.94. The van der Waals surface area contributed by atoms with E-state index >= 15 is 0 Å². The Labute approximate surface area is 282 Å². The van der Waals surface area contributed by atoms with Gasteiger partial charge in [-0.05, 0) is 75.4 Å². The molecule has 250 valence electrons. The van der Waals surface area contributed by atoms with Gasteiger partial charge in [-0.15, -0.1) is 0 Å². The first kappa shape index (κ1) is 37.1. The SMILES string of the molecule is C=N/C=C(\C=NCCN(CCNC)CC(C)C(N)=O)Oc1cc(CN2CCC(CNC(C)=O)CC2)cc(-c2cc(Cl)cc(Cl)c2)n1. The number of halogens is 2. The van der Waals surface area contributed by atoms with Crippen molar-refractivity contribution in [1.82, 2.24) is 25.4 Å². The molecule has 1 fully saturated rings. The highest BCUT2D eigenvalue weighted by atomic mass is 35.5.